The molecule has 0 saturated heterocycles. The van der Waals surface area contributed by atoms with E-state index in [0.29, 0.717) is 0 Å². The van der Waals surface area contributed by atoms with Crippen LogP contribution in [0.4, 0.5) is 0 Å². The first-order valence-corrected chi connectivity index (χ1v) is 3.93. The van der Waals surface area contributed by atoms with Crippen LogP contribution < -0.4 is 0 Å². The van der Waals surface area contributed by atoms with Gasteiger partial charge in [0.15, 0.2) is 0 Å². The lowest BCUT2D eigenvalue weighted by atomic mass is 9.85. The zero-order valence-corrected chi connectivity index (χ0v) is 7.11. The minimum atomic E-state index is -1.56. The van der Waals surface area contributed by atoms with Crippen LogP contribution in [-0.4, -0.2) is 69.3 Å². The van der Waals surface area contributed by atoms with Crippen LogP contribution in [0.5, 0.6) is 0 Å². The van der Waals surface area contributed by atoms with E-state index in [9.17, 15) is 20.4 Å². The molecule has 13 heavy (non-hydrogen) atoms. The van der Waals surface area contributed by atoms with Crippen molar-refractivity contribution < 1.29 is 30.3 Å². The third-order valence-electron chi connectivity index (χ3n) is 2.35. The number of aliphatic hydroxyl groups is 5. The average molecular weight is 194 g/mol. The second-order valence-electron chi connectivity index (χ2n) is 3.15. The summed E-state index contributed by atoms with van der Waals surface area (Å²) in [7, 11) is 1.23. The molecule has 6 atom stereocenters. The van der Waals surface area contributed by atoms with E-state index in [1.54, 1.807) is 0 Å². The van der Waals surface area contributed by atoms with Crippen LogP contribution in [0.2, 0.25) is 0 Å². The maximum absolute atomic E-state index is 9.29. The second-order valence-corrected chi connectivity index (χ2v) is 3.15. The summed E-state index contributed by atoms with van der Waals surface area (Å²) in [6.45, 7) is 0. The van der Waals surface area contributed by atoms with Crippen LogP contribution in [0, 0.1) is 0 Å². The summed E-state index contributed by atoms with van der Waals surface area (Å²) >= 11 is 0. The molecule has 1 fully saturated rings. The van der Waals surface area contributed by atoms with Gasteiger partial charge >= 0.3 is 0 Å². The summed E-state index contributed by atoms with van der Waals surface area (Å²) < 4.78 is 4.67. The summed E-state index contributed by atoms with van der Waals surface area (Å²) in [4.78, 5) is 0. The molecule has 0 bridgehead atoms. The molecule has 1 rings (SSSR count). The van der Waals surface area contributed by atoms with Gasteiger partial charge in [-0.25, -0.2) is 0 Å². The maximum Gasteiger partial charge on any atom is 0.114 e. The van der Waals surface area contributed by atoms with E-state index in [2.05, 4.69) is 4.74 Å². The summed E-state index contributed by atoms with van der Waals surface area (Å²) in [5, 5.41) is 46.1. The normalized spacial score (nSPS) is 52.2. The van der Waals surface area contributed by atoms with Crippen molar-refractivity contribution in [1.82, 2.24) is 0 Å². The fraction of sp³-hybridized carbons (Fsp3) is 1.00. The highest BCUT2D eigenvalue weighted by Gasteiger charge is 2.48. The number of hydrogen-bond acceptors (Lipinski definition) is 6. The van der Waals surface area contributed by atoms with Crippen molar-refractivity contribution in [2.45, 2.75) is 36.6 Å². The van der Waals surface area contributed by atoms with Crippen LogP contribution in [-0.2, 0) is 4.74 Å². The Morgan fingerprint density at radius 2 is 1.00 bits per heavy atom. The molecule has 0 amide bonds. The van der Waals surface area contributed by atoms with Gasteiger partial charge < -0.3 is 30.3 Å². The SMILES string of the molecule is COC1[C@@H](O)C(O)C(O)[C@@H](O)[C@@H]1O. The predicted molar refractivity (Wildman–Crippen MR) is 40.8 cm³/mol. The van der Waals surface area contributed by atoms with Gasteiger partial charge in [-0.3, -0.25) is 0 Å². The zero-order chi connectivity index (χ0) is 10.2. The third-order valence-corrected chi connectivity index (χ3v) is 2.35. The highest BCUT2D eigenvalue weighted by atomic mass is 16.5. The Morgan fingerprint density at radius 3 is 1.31 bits per heavy atom. The van der Waals surface area contributed by atoms with Crippen molar-refractivity contribution in [3.05, 3.63) is 0 Å². The smallest absolute Gasteiger partial charge is 0.114 e. The van der Waals surface area contributed by atoms with Crippen molar-refractivity contribution >= 4 is 0 Å². The standard InChI is InChI=1S/C7H14O6/c1-13-7-5(11)3(9)2(8)4(10)6(7)12/h2-12H,1H3/t2?,3-,4?,5+,6+,7?/m1/s1. The first kappa shape index (κ1) is 10.8. The molecule has 0 heterocycles. The zero-order valence-electron chi connectivity index (χ0n) is 7.11. The van der Waals surface area contributed by atoms with Crippen LogP contribution in [0.1, 0.15) is 0 Å². The topological polar surface area (TPSA) is 110 Å². The Bertz CT molecular complexity index is 158. The van der Waals surface area contributed by atoms with Crippen molar-refractivity contribution in [3.63, 3.8) is 0 Å². The van der Waals surface area contributed by atoms with Crippen molar-refractivity contribution in [2.75, 3.05) is 7.11 Å². The third kappa shape index (κ3) is 1.69. The van der Waals surface area contributed by atoms with E-state index < -0.39 is 36.6 Å². The van der Waals surface area contributed by atoms with E-state index >= 15 is 0 Å². The van der Waals surface area contributed by atoms with E-state index in [1.807, 2.05) is 0 Å². The minimum absolute atomic E-state index is 1.09. The summed E-state index contributed by atoms with van der Waals surface area (Å²) in [5.74, 6) is 0. The molecule has 0 aromatic rings. The molecule has 0 radical (unpaired) electrons. The van der Waals surface area contributed by atoms with Gasteiger partial charge in [0.2, 0.25) is 0 Å². The van der Waals surface area contributed by atoms with Gasteiger partial charge in [0.1, 0.15) is 36.6 Å². The number of aliphatic hydroxyl groups excluding tert-OH is 5. The first-order chi connectivity index (χ1) is 6.00. The van der Waals surface area contributed by atoms with Crippen molar-refractivity contribution in [2.24, 2.45) is 0 Å². The number of methoxy groups -OCH3 is 1. The largest absolute Gasteiger partial charge is 0.387 e. The Balaban J connectivity index is 2.79. The highest BCUT2D eigenvalue weighted by molar-refractivity contribution is 4.99. The lowest BCUT2D eigenvalue weighted by molar-refractivity contribution is -0.229. The number of rotatable bonds is 1. The molecule has 6 heteroatoms. The fourth-order valence-corrected chi connectivity index (χ4v) is 1.48. The number of hydrogen-bond donors (Lipinski definition) is 5. The van der Waals surface area contributed by atoms with Gasteiger partial charge in [-0.05, 0) is 0 Å². The van der Waals surface area contributed by atoms with Gasteiger partial charge in [0.05, 0.1) is 0 Å². The molecule has 3 unspecified atom stereocenters. The number of ether oxygens (including phenoxy) is 1. The van der Waals surface area contributed by atoms with Crippen LogP contribution in [0.15, 0.2) is 0 Å². The Hall–Kier alpha value is -0.240. The molecule has 1 aliphatic rings. The van der Waals surface area contributed by atoms with Gasteiger partial charge in [-0.2, -0.15) is 0 Å². The molecule has 6 nitrogen and oxygen atoms in total. The lowest BCUT2D eigenvalue weighted by Gasteiger charge is -2.40. The average Bonchev–Trinajstić information content (AvgIpc) is 2.13. The Labute approximate surface area is 75.0 Å². The van der Waals surface area contributed by atoms with E-state index in [4.69, 9.17) is 5.11 Å². The van der Waals surface area contributed by atoms with E-state index in [0.717, 1.165) is 0 Å². The van der Waals surface area contributed by atoms with Crippen molar-refractivity contribution in [1.29, 1.82) is 0 Å². The Kier molecular flexibility index (Phi) is 3.23. The summed E-state index contributed by atoms with van der Waals surface area (Å²) in [5.41, 5.74) is 0. The van der Waals surface area contributed by atoms with Gasteiger partial charge in [0, 0.05) is 7.11 Å². The molecule has 0 aromatic carbocycles. The highest BCUT2D eigenvalue weighted by Crippen LogP contribution is 2.23. The Morgan fingerprint density at radius 1 is 0.692 bits per heavy atom. The fourth-order valence-electron chi connectivity index (χ4n) is 1.48. The van der Waals surface area contributed by atoms with Crippen molar-refractivity contribution in [3.8, 4) is 0 Å². The summed E-state index contributed by atoms with van der Waals surface area (Å²) in [6.07, 6.45) is -8.48. The molecular formula is C7H14O6. The lowest BCUT2D eigenvalue weighted by Crippen LogP contribution is -2.64. The van der Waals surface area contributed by atoms with Gasteiger partial charge in [-0.15, -0.1) is 0 Å². The molecule has 0 aliphatic heterocycles. The second kappa shape index (κ2) is 3.87. The predicted octanol–water partition coefficient (Wildman–Crippen LogP) is -3.18. The van der Waals surface area contributed by atoms with Gasteiger partial charge in [0.25, 0.3) is 0 Å². The minimum Gasteiger partial charge on any atom is -0.387 e. The van der Waals surface area contributed by atoms with E-state index in [-0.39, 0.29) is 0 Å². The molecule has 78 valence electrons. The monoisotopic (exact) mass is 194 g/mol. The molecule has 5 N–H and O–H groups in total. The molecule has 0 spiro atoms. The quantitative estimate of drug-likeness (QED) is 0.301. The van der Waals surface area contributed by atoms with Crippen LogP contribution in [0.25, 0.3) is 0 Å². The maximum atomic E-state index is 9.29. The van der Waals surface area contributed by atoms with Crippen LogP contribution >= 0.6 is 0 Å². The first-order valence-electron chi connectivity index (χ1n) is 3.93. The van der Waals surface area contributed by atoms with Gasteiger partial charge in [-0.1, -0.05) is 0 Å². The summed E-state index contributed by atoms with van der Waals surface area (Å²) in [6, 6.07) is 0. The molecule has 0 aromatic heterocycles. The van der Waals surface area contributed by atoms with E-state index in [1.165, 1.54) is 7.11 Å². The van der Waals surface area contributed by atoms with Crippen LogP contribution in [0.3, 0.4) is 0 Å². The molecule has 1 saturated carbocycles. The molecular weight excluding hydrogens is 180 g/mol. The molecule has 1 aliphatic carbocycles.